The number of nitrogens with zero attached hydrogens (tertiary/aromatic N) is 2. The summed E-state index contributed by atoms with van der Waals surface area (Å²) in [5.41, 5.74) is 2.72. The van der Waals surface area contributed by atoms with Gasteiger partial charge in [0.2, 0.25) is 5.91 Å². The van der Waals surface area contributed by atoms with Gasteiger partial charge in [0.1, 0.15) is 11.9 Å². The molecule has 1 atom stereocenters. The molecular formula is C24H29N5O2. The predicted octanol–water partition coefficient (Wildman–Crippen LogP) is 4.12. The number of H-pyrrole nitrogens is 1. The van der Waals surface area contributed by atoms with Gasteiger partial charge in [0.25, 0.3) is 0 Å². The van der Waals surface area contributed by atoms with Crippen LogP contribution in [0.2, 0.25) is 0 Å². The van der Waals surface area contributed by atoms with E-state index < -0.39 is 6.04 Å². The fourth-order valence-electron chi connectivity index (χ4n) is 4.08. The number of hydrogen-bond acceptors (Lipinski definition) is 3. The highest BCUT2D eigenvalue weighted by atomic mass is 16.2. The molecule has 0 bridgehead atoms. The smallest absolute Gasteiger partial charge is 0.319 e. The quantitative estimate of drug-likeness (QED) is 0.581. The van der Waals surface area contributed by atoms with Crippen molar-refractivity contribution in [1.29, 1.82) is 0 Å². The van der Waals surface area contributed by atoms with Gasteiger partial charge in [-0.2, -0.15) is 0 Å². The van der Waals surface area contributed by atoms with Gasteiger partial charge < -0.3 is 20.5 Å². The van der Waals surface area contributed by atoms with Crippen molar-refractivity contribution < 1.29 is 9.59 Å². The van der Waals surface area contributed by atoms with Crippen LogP contribution in [-0.4, -0.2) is 45.9 Å². The number of amides is 3. The molecule has 2 aromatic carbocycles. The summed E-state index contributed by atoms with van der Waals surface area (Å²) >= 11 is 0. The predicted molar refractivity (Wildman–Crippen MR) is 122 cm³/mol. The molecule has 3 N–H and O–H groups in total. The minimum absolute atomic E-state index is 0.0119. The molecule has 4 rings (SSSR count). The molecule has 1 aromatic heterocycles. The van der Waals surface area contributed by atoms with Crippen LogP contribution >= 0.6 is 0 Å². The molecule has 1 saturated heterocycles. The molecule has 1 aliphatic rings. The molecular weight excluding hydrogens is 390 g/mol. The number of aromatic amines is 1. The molecule has 1 fully saturated rings. The topological polar surface area (TPSA) is 90.1 Å². The Morgan fingerprint density at radius 3 is 2.39 bits per heavy atom. The van der Waals surface area contributed by atoms with Crippen LogP contribution in [0.4, 0.5) is 10.5 Å². The van der Waals surface area contributed by atoms with Crippen LogP contribution in [0, 0.1) is 5.92 Å². The Kier molecular flexibility index (Phi) is 6.21. The number of nitrogens with one attached hydrogen (secondary N) is 3. The van der Waals surface area contributed by atoms with Crippen molar-refractivity contribution in [2.24, 2.45) is 5.92 Å². The van der Waals surface area contributed by atoms with E-state index in [1.54, 1.807) is 0 Å². The Hall–Kier alpha value is -3.35. The summed E-state index contributed by atoms with van der Waals surface area (Å²) in [7, 11) is 0. The van der Waals surface area contributed by atoms with Gasteiger partial charge in [-0.1, -0.05) is 44.2 Å². The normalized spacial score (nSPS) is 15.8. The summed E-state index contributed by atoms with van der Waals surface area (Å²) < 4.78 is 0. The maximum absolute atomic E-state index is 13.2. The number of carbonyl (C=O) groups excluding carboxylic acids is 2. The van der Waals surface area contributed by atoms with Crippen molar-refractivity contribution >= 4 is 28.7 Å². The van der Waals surface area contributed by atoms with Crippen molar-refractivity contribution in [2.75, 3.05) is 18.4 Å². The fraction of sp³-hybridized carbons (Fsp3) is 0.375. The van der Waals surface area contributed by atoms with E-state index in [4.69, 9.17) is 4.98 Å². The van der Waals surface area contributed by atoms with Crippen LogP contribution in [0.1, 0.15) is 38.4 Å². The Balaban J connectivity index is 1.35. The summed E-state index contributed by atoms with van der Waals surface area (Å²) in [4.78, 5) is 35.6. The number of fused-ring (bicyclic) bond motifs is 1. The summed E-state index contributed by atoms with van der Waals surface area (Å²) in [6.45, 7) is 5.22. The van der Waals surface area contributed by atoms with E-state index >= 15 is 0 Å². The number of carbonyl (C=O) groups is 2. The van der Waals surface area contributed by atoms with E-state index in [-0.39, 0.29) is 17.9 Å². The number of rotatable bonds is 5. The minimum atomic E-state index is -0.563. The van der Waals surface area contributed by atoms with Crippen LogP contribution in [0.3, 0.4) is 0 Å². The van der Waals surface area contributed by atoms with E-state index in [0.717, 1.165) is 29.7 Å². The van der Waals surface area contributed by atoms with Gasteiger partial charge in [-0.3, -0.25) is 4.79 Å². The molecule has 7 heteroatoms. The molecule has 0 radical (unpaired) electrons. The number of para-hydroxylation sites is 3. The third-order valence-electron chi connectivity index (χ3n) is 5.85. The SMILES string of the molecule is CC(C)C(NC(=O)Nc1ccccc1)C(=O)N1CCC(c2nc3ccccc3[nH]2)CC1. The molecule has 3 aromatic rings. The third kappa shape index (κ3) is 4.87. The molecule has 0 saturated carbocycles. The van der Waals surface area contributed by atoms with Crippen LogP contribution in [0.25, 0.3) is 11.0 Å². The van der Waals surface area contributed by atoms with Crippen LogP contribution < -0.4 is 10.6 Å². The molecule has 162 valence electrons. The van der Waals surface area contributed by atoms with Crippen LogP contribution in [-0.2, 0) is 4.79 Å². The third-order valence-corrected chi connectivity index (χ3v) is 5.85. The van der Waals surface area contributed by atoms with E-state index in [1.807, 2.05) is 73.3 Å². The number of urea groups is 1. The first kappa shape index (κ1) is 20.9. The number of hydrogen-bond donors (Lipinski definition) is 3. The summed E-state index contributed by atoms with van der Waals surface area (Å²) in [5.74, 6) is 1.26. The Morgan fingerprint density at radius 1 is 1.03 bits per heavy atom. The molecule has 1 aliphatic heterocycles. The Bertz CT molecular complexity index is 1010. The van der Waals surface area contributed by atoms with E-state index in [0.29, 0.717) is 24.7 Å². The van der Waals surface area contributed by atoms with Crippen molar-refractivity contribution in [3.8, 4) is 0 Å². The second kappa shape index (κ2) is 9.20. The van der Waals surface area contributed by atoms with Gasteiger partial charge in [-0.25, -0.2) is 9.78 Å². The maximum atomic E-state index is 13.2. The zero-order valence-electron chi connectivity index (χ0n) is 18.0. The monoisotopic (exact) mass is 419 g/mol. The lowest BCUT2D eigenvalue weighted by atomic mass is 9.94. The lowest BCUT2D eigenvalue weighted by Crippen LogP contribution is -2.53. The first-order valence-electron chi connectivity index (χ1n) is 10.9. The second-order valence-corrected chi connectivity index (χ2v) is 8.42. The van der Waals surface area contributed by atoms with Crippen molar-refractivity contribution in [3.05, 3.63) is 60.4 Å². The van der Waals surface area contributed by atoms with Gasteiger partial charge in [0.15, 0.2) is 0 Å². The fourth-order valence-corrected chi connectivity index (χ4v) is 4.08. The van der Waals surface area contributed by atoms with E-state index in [2.05, 4.69) is 15.6 Å². The summed E-state index contributed by atoms with van der Waals surface area (Å²) in [6.07, 6.45) is 1.71. The van der Waals surface area contributed by atoms with Gasteiger partial charge >= 0.3 is 6.03 Å². The van der Waals surface area contributed by atoms with Crippen LogP contribution in [0.5, 0.6) is 0 Å². The zero-order chi connectivity index (χ0) is 21.8. The van der Waals surface area contributed by atoms with Gasteiger partial charge in [-0.15, -0.1) is 0 Å². The number of aromatic nitrogens is 2. The molecule has 0 spiro atoms. The molecule has 7 nitrogen and oxygen atoms in total. The van der Waals surface area contributed by atoms with Gasteiger partial charge in [0.05, 0.1) is 11.0 Å². The average Bonchev–Trinajstić information content (AvgIpc) is 3.22. The highest BCUT2D eigenvalue weighted by Crippen LogP contribution is 2.28. The molecule has 2 heterocycles. The minimum Gasteiger partial charge on any atom is -0.342 e. The van der Waals surface area contributed by atoms with Crippen molar-refractivity contribution in [1.82, 2.24) is 20.2 Å². The number of piperidine rings is 1. The van der Waals surface area contributed by atoms with E-state index in [9.17, 15) is 9.59 Å². The highest BCUT2D eigenvalue weighted by Gasteiger charge is 2.32. The van der Waals surface area contributed by atoms with Crippen LogP contribution in [0.15, 0.2) is 54.6 Å². The Labute approximate surface area is 182 Å². The van der Waals surface area contributed by atoms with E-state index in [1.165, 1.54) is 0 Å². The molecule has 31 heavy (non-hydrogen) atoms. The lowest BCUT2D eigenvalue weighted by molar-refractivity contribution is -0.135. The first-order valence-corrected chi connectivity index (χ1v) is 10.9. The number of benzene rings is 2. The molecule has 3 amide bonds. The number of imidazole rings is 1. The molecule has 1 unspecified atom stereocenters. The molecule has 0 aliphatic carbocycles. The summed E-state index contributed by atoms with van der Waals surface area (Å²) in [6, 6.07) is 16.3. The van der Waals surface area contributed by atoms with Gasteiger partial charge in [-0.05, 0) is 43.0 Å². The first-order chi connectivity index (χ1) is 15.0. The van der Waals surface area contributed by atoms with Gasteiger partial charge in [0, 0.05) is 24.7 Å². The number of anilines is 1. The second-order valence-electron chi connectivity index (χ2n) is 8.42. The zero-order valence-corrected chi connectivity index (χ0v) is 18.0. The summed E-state index contributed by atoms with van der Waals surface area (Å²) in [5, 5.41) is 5.66. The Morgan fingerprint density at radius 2 is 1.71 bits per heavy atom. The highest BCUT2D eigenvalue weighted by molar-refractivity contribution is 5.93. The maximum Gasteiger partial charge on any atom is 0.319 e. The lowest BCUT2D eigenvalue weighted by Gasteiger charge is -2.34. The van der Waals surface area contributed by atoms with Crippen molar-refractivity contribution in [3.63, 3.8) is 0 Å². The number of likely N-dealkylation sites (tertiary alicyclic amines) is 1. The van der Waals surface area contributed by atoms with Crippen molar-refractivity contribution in [2.45, 2.75) is 38.6 Å². The largest absolute Gasteiger partial charge is 0.342 e. The standard InChI is InChI=1S/C24H29N5O2/c1-16(2)21(28-24(31)25-18-8-4-3-5-9-18)23(30)29-14-12-17(13-15-29)22-26-19-10-6-7-11-20(19)27-22/h3-11,16-17,21H,12-15H2,1-2H3,(H,26,27)(H2,25,28,31). The average molecular weight is 420 g/mol.